The molecular weight excluding hydrogens is 260 g/mol. The number of hydrogen-bond acceptors (Lipinski definition) is 4. The summed E-state index contributed by atoms with van der Waals surface area (Å²) in [6.07, 6.45) is 1.61. The summed E-state index contributed by atoms with van der Waals surface area (Å²) < 4.78 is 2.06. The van der Waals surface area contributed by atoms with Crippen molar-refractivity contribution in [3.05, 3.63) is 27.1 Å². The molecule has 6 heteroatoms. The fourth-order valence-corrected chi connectivity index (χ4v) is 1.89. The summed E-state index contributed by atoms with van der Waals surface area (Å²) in [4.78, 5) is 19.7. The van der Waals surface area contributed by atoms with Gasteiger partial charge in [0.15, 0.2) is 0 Å². The van der Waals surface area contributed by atoms with Gasteiger partial charge in [0.05, 0.1) is 4.47 Å². The maximum atomic E-state index is 11.7. The van der Waals surface area contributed by atoms with Crippen LogP contribution in [0.25, 0.3) is 11.0 Å². The van der Waals surface area contributed by atoms with Crippen molar-refractivity contribution in [2.45, 2.75) is 13.5 Å². The third-order valence-electron chi connectivity index (χ3n) is 2.12. The van der Waals surface area contributed by atoms with Crippen LogP contribution in [0.2, 0.25) is 0 Å². The molecule has 0 bridgehead atoms. The summed E-state index contributed by atoms with van der Waals surface area (Å²) in [6.45, 7) is 2.43. The van der Waals surface area contributed by atoms with Gasteiger partial charge in [0.2, 0.25) is 5.95 Å². The average molecular weight is 269 g/mol. The molecule has 0 fully saturated rings. The highest BCUT2D eigenvalue weighted by atomic mass is 79.9. The van der Waals surface area contributed by atoms with Gasteiger partial charge in [0.1, 0.15) is 5.65 Å². The molecular formula is C9H9BrN4O. The molecule has 0 aliphatic rings. The lowest BCUT2D eigenvalue weighted by Gasteiger charge is -2.07. The minimum absolute atomic E-state index is 0.108. The van der Waals surface area contributed by atoms with Gasteiger partial charge >= 0.3 is 0 Å². The molecule has 0 radical (unpaired) electrons. The number of pyridine rings is 1. The number of nitrogens with zero attached hydrogens (tertiary/aromatic N) is 3. The van der Waals surface area contributed by atoms with Crippen molar-refractivity contribution in [2.75, 3.05) is 5.73 Å². The Morgan fingerprint density at radius 2 is 2.33 bits per heavy atom. The molecule has 5 nitrogen and oxygen atoms in total. The largest absolute Gasteiger partial charge is 0.368 e. The molecule has 0 amide bonds. The molecule has 2 N–H and O–H groups in total. The zero-order chi connectivity index (χ0) is 11.0. The van der Waals surface area contributed by atoms with E-state index in [1.54, 1.807) is 16.8 Å². The van der Waals surface area contributed by atoms with Gasteiger partial charge in [-0.1, -0.05) is 0 Å². The Hall–Kier alpha value is -1.43. The van der Waals surface area contributed by atoms with E-state index in [1.165, 1.54) is 0 Å². The molecule has 0 aliphatic carbocycles. The predicted octanol–water partition coefficient (Wildman–Crippen LogP) is 1.16. The second kappa shape index (κ2) is 3.62. The average Bonchev–Trinajstić information content (AvgIpc) is 2.21. The van der Waals surface area contributed by atoms with Crippen molar-refractivity contribution >= 4 is 32.9 Å². The minimum atomic E-state index is -0.108. The maximum Gasteiger partial charge on any atom is 0.266 e. The van der Waals surface area contributed by atoms with E-state index < -0.39 is 0 Å². The first-order valence-corrected chi connectivity index (χ1v) is 5.24. The van der Waals surface area contributed by atoms with Crippen molar-refractivity contribution in [1.29, 1.82) is 0 Å². The van der Waals surface area contributed by atoms with Crippen molar-refractivity contribution < 1.29 is 0 Å². The zero-order valence-electron chi connectivity index (χ0n) is 8.07. The van der Waals surface area contributed by atoms with Crippen molar-refractivity contribution in [1.82, 2.24) is 14.5 Å². The molecule has 15 heavy (non-hydrogen) atoms. The quantitative estimate of drug-likeness (QED) is 0.842. The summed E-state index contributed by atoms with van der Waals surface area (Å²) in [5.41, 5.74) is 5.95. The standard InChI is InChI=1S/C9H9BrN4O/c1-2-14-7-5(3-6(10)8(14)15)4-12-9(11)13-7/h3-4H,2H2,1H3,(H2,11,12,13). The fourth-order valence-electron chi connectivity index (χ4n) is 1.43. The van der Waals surface area contributed by atoms with Crippen LogP contribution in [-0.4, -0.2) is 14.5 Å². The molecule has 78 valence electrons. The number of aromatic nitrogens is 3. The molecule has 2 aromatic heterocycles. The Morgan fingerprint density at radius 1 is 1.60 bits per heavy atom. The molecule has 0 atom stereocenters. The van der Waals surface area contributed by atoms with Crippen LogP contribution in [0, 0.1) is 0 Å². The van der Waals surface area contributed by atoms with Gasteiger partial charge in [-0.25, -0.2) is 4.98 Å². The van der Waals surface area contributed by atoms with E-state index in [-0.39, 0.29) is 11.5 Å². The number of halogens is 1. The van der Waals surface area contributed by atoms with E-state index in [2.05, 4.69) is 25.9 Å². The number of hydrogen-bond donors (Lipinski definition) is 1. The van der Waals surface area contributed by atoms with Crippen LogP contribution < -0.4 is 11.3 Å². The van der Waals surface area contributed by atoms with Gasteiger partial charge in [-0.3, -0.25) is 9.36 Å². The van der Waals surface area contributed by atoms with Crippen LogP contribution in [0.1, 0.15) is 6.92 Å². The van der Waals surface area contributed by atoms with E-state index in [1.807, 2.05) is 6.92 Å². The highest BCUT2D eigenvalue weighted by Gasteiger charge is 2.07. The van der Waals surface area contributed by atoms with Gasteiger partial charge in [-0.05, 0) is 28.9 Å². The lowest BCUT2D eigenvalue weighted by molar-refractivity contribution is 0.745. The fraction of sp³-hybridized carbons (Fsp3) is 0.222. The first-order chi connectivity index (χ1) is 7.13. The summed E-state index contributed by atoms with van der Waals surface area (Å²) in [5.74, 6) is 0.173. The first-order valence-electron chi connectivity index (χ1n) is 4.45. The zero-order valence-corrected chi connectivity index (χ0v) is 9.65. The topological polar surface area (TPSA) is 73.8 Å². The second-order valence-corrected chi connectivity index (χ2v) is 3.90. The molecule has 0 saturated heterocycles. The third kappa shape index (κ3) is 1.61. The minimum Gasteiger partial charge on any atom is -0.368 e. The lowest BCUT2D eigenvalue weighted by Crippen LogP contribution is -2.21. The van der Waals surface area contributed by atoms with E-state index in [0.29, 0.717) is 16.7 Å². The van der Waals surface area contributed by atoms with Gasteiger partial charge in [0, 0.05) is 18.1 Å². The number of aryl methyl sites for hydroxylation is 1. The van der Waals surface area contributed by atoms with Gasteiger partial charge < -0.3 is 5.73 Å². The second-order valence-electron chi connectivity index (χ2n) is 3.05. The van der Waals surface area contributed by atoms with Crippen molar-refractivity contribution in [2.24, 2.45) is 0 Å². The van der Waals surface area contributed by atoms with Crippen LogP contribution in [0.4, 0.5) is 5.95 Å². The van der Waals surface area contributed by atoms with Crippen molar-refractivity contribution in [3.63, 3.8) is 0 Å². The Labute approximate surface area is 94.1 Å². The number of anilines is 1. The molecule has 2 heterocycles. The highest BCUT2D eigenvalue weighted by Crippen LogP contribution is 2.14. The van der Waals surface area contributed by atoms with E-state index >= 15 is 0 Å². The molecule has 0 unspecified atom stereocenters. The summed E-state index contributed by atoms with van der Waals surface area (Å²) in [6, 6.07) is 1.70. The van der Waals surface area contributed by atoms with Crippen LogP contribution in [-0.2, 0) is 6.54 Å². The molecule has 0 saturated carbocycles. The smallest absolute Gasteiger partial charge is 0.266 e. The Balaban J connectivity index is 2.96. The number of fused-ring (bicyclic) bond motifs is 1. The Morgan fingerprint density at radius 3 is 3.00 bits per heavy atom. The number of nitrogens with two attached hydrogens (primary N) is 1. The predicted molar refractivity (Wildman–Crippen MR) is 61.6 cm³/mol. The van der Waals surface area contributed by atoms with Crippen LogP contribution in [0.15, 0.2) is 21.5 Å². The van der Waals surface area contributed by atoms with Gasteiger partial charge in [0.25, 0.3) is 5.56 Å². The normalized spacial score (nSPS) is 10.8. The van der Waals surface area contributed by atoms with Crippen molar-refractivity contribution in [3.8, 4) is 0 Å². The van der Waals surface area contributed by atoms with Crippen LogP contribution in [0.5, 0.6) is 0 Å². The van der Waals surface area contributed by atoms with Gasteiger partial charge in [-0.2, -0.15) is 4.98 Å². The Bertz CT molecular complexity index is 578. The molecule has 0 spiro atoms. The number of nitrogen functional groups attached to an aromatic ring is 1. The molecule has 0 aliphatic heterocycles. The molecule has 2 rings (SSSR count). The maximum absolute atomic E-state index is 11.7. The summed E-state index contributed by atoms with van der Waals surface area (Å²) in [7, 11) is 0. The summed E-state index contributed by atoms with van der Waals surface area (Å²) in [5, 5.41) is 0.789. The highest BCUT2D eigenvalue weighted by molar-refractivity contribution is 9.10. The Kier molecular flexibility index (Phi) is 2.44. The SMILES string of the molecule is CCn1c(=O)c(Br)cc2cnc(N)nc21. The van der Waals surface area contributed by atoms with Crippen LogP contribution >= 0.6 is 15.9 Å². The van der Waals surface area contributed by atoms with E-state index in [4.69, 9.17) is 5.73 Å². The first kappa shape index (κ1) is 10.1. The van der Waals surface area contributed by atoms with E-state index in [0.717, 1.165) is 5.39 Å². The van der Waals surface area contributed by atoms with Crippen LogP contribution in [0.3, 0.4) is 0 Å². The molecule has 0 aromatic carbocycles. The number of rotatable bonds is 1. The monoisotopic (exact) mass is 268 g/mol. The van der Waals surface area contributed by atoms with E-state index in [9.17, 15) is 4.79 Å². The molecule has 2 aromatic rings. The van der Waals surface area contributed by atoms with Gasteiger partial charge in [-0.15, -0.1) is 0 Å². The third-order valence-corrected chi connectivity index (χ3v) is 2.69. The lowest BCUT2D eigenvalue weighted by atomic mass is 10.3. The summed E-state index contributed by atoms with van der Waals surface area (Å²) >= 11 is 3.21.